The predicted molar refractivity (Wildman–Crippen MR) is 75.2 cm³/mol. The van der Waals surface area contributed by atoms with Crippen LogP contribution >= 0.6 is 0 Å². The molecule has 0 saturated carbocycles. The molecule has 1 heteroatoms. The zero-order valence-corrected chi connectivity index (χ0v) is 10.8. The second kappa shape index (κ2) is 3.38. The van der Waals surface area contributed by atoms with Gasteiger partial charge in [0.25, 0.3) is 0 Å². The van der Waals surface area contributed by atoms with Crippen LogP contribution in [0.5, 0.6) is 0 Å². The van der Waals surface area contributed by atoms with Crippen molar-refractivity contribution in [1.29, 1.82) is 0 Å². The maximum absolute atomic E-state index is 5.96. The second-order valence-corrected chi connectivity index (χ2v) is 5.41. The molecule has 0 saturated heterocycles. The molecule has 0 N–H and O–H groups in total. The fourth-order valence-corrected chi connectivity index (χ4v) is 3.51. The SMILES string of the molecule is Cc1cc2c3c(c4c(C)cccc4c2o1)CCC3. The lowest BCUT2D eigenvalue weighted by molar-refractivity contribution is 0.581. The number of furan rings is 1. The van der Waals surface area contributed by atoms with Crippen LogP contribution in [0.3, 0.4) is 0 Å². The highest BCUT2D eigenvalue weighted by Gasteiger charge is 2.21. The van der Waals surface area contributed by atoms with Crippen LogP contribution in [0.15, 0.2) is 28.7 Å². The van der Waals surface area contributed by atoms with Gasteiger partial charge < -0.3 is 4.42 Å². The molecule has 0 aliphatic heterocycles. The number of rotatable bonds is 0. The van der Waals surface area contributed by atoms with Gasteiger partial charge in [-0.2, -0.15) is 0 Å². The molecule has 3 aromatic rings. The number of aryl methyl sites for hydroxylation is 4. The first-order valence-corrected chi connectivity index (χ1v) is 6.69. The van der Waals surface area contributed by atoms with E-state index in [2.05, 4.69) is 31.2 Å². The van der Waals surface area contributed by atoms with Gasteiger partial charge in [0.05, 0.1) is 0 Å². The summed E-state index contributed by atoms with van der Waals surface area (Å²) in [7, 11) is 0. The summed E-state index contributed by atoms with van der Waals surface area (Å²) >= 11 is 0. The largest absolute Gasteiger partial charge is 0.461 e. The lowest BCUT2D eigenvalue weighted by atomic mass is 9.94. The van der Waals surface area contributed by atoms with E-state index in [0.29, 0.717) is 0 Å². The molecule has 1 aliphatic carbocycles. The summed E-state index contributed by atoms with van der Waals surface area (Å²) in [6.45, 7) is 4.26. The number of hydrogen-bond acceptors (Lipinski definition) is 1. The maximum atomic E-state index is 5.96. The van der Waals surface area contributed by atoms with E-state index in [9.17, 15) is 0 Å². The molecule has 0 amide bonds. The first-order valence-electron chi connectivity index (χ1n) is 6.69. The molecule has 1 nitrogen and oxygen atoms in total. The van der Waals surface area contributed by atoms with Crippen molar-refractivity contribution in [3.05, 3.63) is 46.7 Å². The average Bonchev–Trinajstić information content (AvgIpc) is 2.94. The molecule has 0 bridgehead atoms. The van der Waals surface area contributed by atoms with Crippen molar-refractivity contribution in [3.63, 3.8) is 0 Å². The van der Waals surface area contributed by atoms with E-state index in [1.54, 1.807) is 5.56 Å². The fraction of sp³-hybridized carbons (Fsp3) is 0.294. The van der Waals surface area contributed by atoms with Gasteiger partial charge in [-0.1, -0.05) is 18.2 Å². The molecule has 0 radical (unpaired) electrons. The van der Waals surface area contributed by atoms with Crippen molar-refractivity contribution in [2.24, 2.45) is 0 Å². The summed E-state index contributed by atoms with van der Waals surface area (Å²) in [5.41, 5.74) is 5.56. The van der Waals surface area contributed by atoms with Crippen LogP contribution in [0.2, 0.25) is 0 Å². The van der Waals surface area contributed by atoms with Gasteiger partial charge in [0.2, 0.25) is 0 Å². The molecule has 1 heterocycles. The summed E-state index contributed by atoms with van der Waals surface area (Å²) in [5, 5.41) is 4.07. The summed E-state index contributed by atoms with van der Waals surface area (Å²) in [4.78, 5) is 0. The second-order valence-electron chi connectivity index (χ2n) is 5.41. The van der Waals surface area contributed by atoms with E-state index in [0.717, 1.165) is 11.3 Å². The molecule has 4 rings (SSSR count). The smallest absolute Gasteiger partial charge is 0.142 e. The summed E-state index contributed by atoms with van der Waals surface area (Å²) in [5.74, 6) is 1.02. The van der Waals surface area contributed by atoms with Crippen LogP contribution in [-0.2, 0) is 12.8 Å². The molecule has 1 aliphatic rings. The highest BCUT2D eigenvalue weighted by atomic mass is 16.3. The average molecular weight is 236 g/mol. The van der Waals surface area contributed by atoms with E-state index >= 15 is 0 Å². The third-order valence-electron chi connectivity index (χ3n) is 4.22. The van der Waals surface area contributed by atoms with Gasteiger partial charge in [0.15, 0.2) is 0 Å². The zero-order chi connectivity index (χ0) is 12.3. The standard InChI is InChI=1S/C17H16O/c1-10-5-3-8-14-16(10)13-7-4-6-12(13)15-9-11(2)18-17(14)15/h3,5,8-9H,4,6-7H2,1-2H3. The van der Waals surface area contributed by atoms with Crippen molar-refractivity contribution >= 4 is 21.7 Å². The van der Waals surface area contributed by atoms with Gasteiger partial charge in [-0.05, 0) is 61.3 Å². The molecule has 18 heavy (non-hydrogen) atoms. The van der Waals surface area contributed by atoms with Gasteiger partial charge in [-0.3, -0.25) is 0 Å². The molecule has 2 aromatic carbocycles. The molecule has 1 aromatic heterocycles. The van der Waals surface area contributed by atoms with E-state index < -0.39 is 0 Å². The predicted octanol–water partition coefficient (Wildman–Crippen LogP) is 4.69. The third kappa shape index (κ3) is 1.17. The Morgan fingerprint density at radius 3 is 2.72 bits per heavy atom. The van der Waals surface area contributed by atoms with Crippen LogP contribution in [0, 0.1) is 13.8 Å². The zero-order valence-electron chi connectivity index (χ0n) is 10.8. The van der Waals surface area contributed by atoms with Crippen molar-refractivity contribution < 1.29 is 4.42 Å². The normalized spacial score (nSPS) is 14.6. The van der Waals surface area contributed by atoms with Crippen LogP contribution < -0.4 is 0 Å². The quantitative estimate of drug-likeness (QED) is 0.552. The Kier molecular flexibility index (Phi) is 1.91. The first kappa shape index (κ1) is 10.2. The maximum Gasteiger partial charge on any atom is 0.142 e. The van der Waals surface area contributed by atoms with Crippen LogP contribution in [0.25, 0.3) is 21.7 Å². The number of hydrogen-bond donors (Lipinski definition) is 0. The molecule has 0 fully saturated rings. The van der Waals surface area contributed by atoms with Gasteiger partial charge in [-0.15, -0.1) is 0 Å². The highest BCUT2D eigenvalue weighted by Crippen LogP contribution is 2.40. The van der Waals surface area contributed by atoms with Crippen LogP contribution in [0.4, 0.5) is 0 Å². The van der Waals surface area contributed by atoms with Crippen molar-refractivity contribution in [1.82, 2.24) is 0 Å². The fourth-order valence-electron chi connectivity index (χ4n) is 3.51. The Balaban J connectivity index is 2.34. The van der Waals surface area contributed by atoms with E-state index in [-0.39, 0.29) is 0 Å². The van der Waals surface area contributed by atoms with E-state index in [1.165, 1.54) is 46.5 Å². The van der Waals surface area contributed by atoms with Crippen molar-refractivity contribution in [3.8, 4) is 0 Å². The minimum absolute atomic E-state index is 1.02. The Morgan fingerprint density at radius 1 is 1.00 bits per heavy atom. The minimum Gasteiger partial charge on any atom is -0.461 e. The molecule has 90 valence electrons. The third-order valence-corrected chi connectivity index (χ3v) is 4.22. The Labute approximate surface area is 106 Å². The first-order chi connectivity index (χ1) is 8.75. The summed E-state index contributed by atoms with van der Waals surface area (Å²) in [6, 6.07) is 8.76. The minimum atomic E-state index is 1.02. The Bertz CT molecular complexity index is 777. The summed E-state index contributed by atoms with van der Waals surface area (Å²) < 4.78 is 5.96. The van der Waals surface area contributed by atoms with Gasteiger partial charge in [0, 0.05) is 10.8 Å². The monoisotopic (exact) mass is 236 g/mol. The van der Waals surface area contributed by atoms with Crippen LogP contribution in [0.1, 0.15) is 28.9 Å². The lowest BCUT2D eigenvalue weighted by Gasteiger charge is -2.10. The molecule has 0 unspecified atom stereocenters. The van der Waals surface area contributed by atoms with Gasteiger partial charge >= 0.3 is 0 Å². The Hall–Kier alpha value is -1.76. The van der Waals surface area contributed by atoms with Crippen LogP contribution in [-0.4, -0.2) is 0 Å². The Morgan fingerprint density at radius 2 is 1.83 bits per heavy atom. The van der Waals surface area contributed by atoms with Gasteiger partial charge in [0.1, 0.15) is 11.3 Å². The molecular formula is C17H16O. The lowest BCUT2D eigenvalue weighted by Crippen LogP contribution is -1.89. The van der Waals surface area contributed by atoms with E-state index in [1.807, 2.05) is 6.92 Å². The molecular weight excluding hydrogens is 220 g/mol. The molecule has 0 spiro atoms. The number of benzene rings is 2. The molecule has 0 atom stereocenters. The van der Waals surface area contributed by atoms with Crippen molar-refractivity contribution in [2.45, 2.75) is 33.1 Å². The van der Waals surface area contributed by atoms with E-state index in [4.69, 9.17) is 4.42 Å². The number of fused-ring (bicyclic) bond motifs is 6. The topological polar surface area (TPSA) is 13.1 Å². The summed E-state index contributed by atoms with van der Waals surface area (Å²) in [6.07, 6.45) is 3.70. The highest BCUT2D eigenvalue weighted by molar-refractivity contribution is 6.09. The van der Waals surface area contributed by atoms with Crippen molar-refractivity contribution in [2.75, 3.05) is 0 Å². The van der Waals surface area contributed by atoms with Gasteiger partial charge in [-0.25, -0.2) is 0 Å².